The van der Waals surface area contributed by atoms with Gasteiger partial charge in [-0.15, -0.1) is 0 Å². The molecule has 0 radical (unpaired) electrons. The first-order chi connectivity index (χ1) is 7.73. The quantitative estimate of drug-likeness (QED) is 0.757. The SMILES string of the molecule is N#CC1(c2nc3ccc(Cl)cc3o2)CCC1. The zero-order valence-electron chi connectivity index (χ0n) is 8.53. The monoisotopic (exact) mass is 232 g/mol. The van der Waals surface area contributed by atoms with E-state index in [0.717, 1.165) is 24.8 Å². The standard InChI is InChI=1S/C12H9ClN2O/c13-8-2-3-9-10(6-8)16-11(15-9)12(7-14)4-1-5-12/h2-3,6H,1,4-5H2. The van der Waals surface area contributed by atoms with Crippen LogP contribution in [0.3, 0.4) is 0 Å². The molecule has 1 saturated carbocycles. The van der Waals surface area contributed by atoms with Crippen LogP contribution in [0.25, 0.3) is 11.1 Å². The highest BCUT2D eigenvalue weighted by atomic mass is 35.5. The first-order valence-electron chi connectivity index (χ1n) is 5.21. The van der Waals surface area contributed by atoms with Crippen molar-refractivity contribution in [3.63, 3.8) is 0 Å². The molecule has 0 spiro atoms. The maximum Gasteiger partial charge on any atom is 0.215 e. The molecular formula is C12H9ClN2O. The number of aromatic nitrogens is 1. The van der Waals surface area contributed by atoms with Crippen LogP contribution in [0.1, 0.15) is 25.2 Å². The average molecular weight is 233 g/mol. The van der Waals surface area contributed by atoms with E-state index in [4.69, 9.17) is 16.0 Å². The van der Waals surface area contributed by atoms with Crippen molar-refractivity contribution in [2.75, 3.05) is 0 Å². The van der Waals surface area contributed by atoms with Crippen LogP contribution in [0.4, 0.5) is 0 Å². The molecule has 0 atom stereocenters. The molecule has 1 aliphatic rings. The van der Waals surface area contributed by atoms with E-state index in [1.165, 1.54) is 0 Å². The highest BCUT2D eigenvalue weighted by molar-refractivity contribution is 6.31. The molecule has 2 aromatic rings. The summed E-state index contributed by atoms with van der Waals surface area (Å²) < 4.78 is 5.63. The van der Waals surface area contributed by atoms with E-state index in [9.17, 15) is 5.26 Å². The zero-order valence-corrected chi connectivity index (χ0v) is 9.29. The maximum atomic E-state index is 9.19. The van der Waals surface area contributed by atoms with Gasteiger partial charge in [-0.25, -0.2) is 4.98 Å². The molecule has 4 heteroatoms. The second-order valence-electron chi connectivity index (χ2n) is 4.18. The Kier molecular flexibility index (Phi) is 1.95. The van der Waals surface area contributed by atoms with E-state index in [1.807, 2.05) is 6.07 Å². The molecule has 3 rings (SSSR count). The van der Waals surface area contributed by atoms with Gasteiger partial charge in [0, 0.05) is 11.1 Å². The Balaban J connectivity index is 2.16. The smallest absolute Gasteiger partial charge is 0.215 e. The molecule has 16 heavy (non-hydrogen) atoms. The van der Waals surface area contributed by atoms with Crippen LogP contribution >= 0.6 is 11.6 Å². The van der Waals surface area contributed by atoms with Gasteiger partial charge in [-0.05, 0) is 31.4 Å². The van der Waals surface area contributed by atoms with Gasteiger partial charge >= 0.3 is 0 Å². The molecule has 0 N–H and O–H groups in total. The number of oxazole rings is 1. The van der Waals surface area contributed by atoms with Crippen molar-refractivity contribution in [1.29, 1.82) is 5.26 Å². The largest absolute Gasteiger partial charge is 0.439 e. The molecule has 0 saturated heterocycles. The Morgan fingerprint density at radius 2 is 2.25 bits per heavy atom. The van der Waals surface area contributed by atoms with Crippen molar-refractivity contribution in [2.24, 2.45) is 0 Å². The molecule has 1 aromatic carbocycles. The number of fused-ring (bicyclic) bond motifs is 1. The van der Waals surface area contributed by atoms with Crippen molar-refractivity contribution in [1.82, 2.24) is 4.98 Å². The summed E-state index contributed by atoms with van der Waals surface area (Å²) in [6.07, 6.45) is 2.74. The number of nitrogens with zero attached hydrogens (tertiary/aromatic N) is 2. The average Bonchev–Trinajstić information content (AvgIpc) is 2.60. The van der Waals surface area contributed by atoms with Crippen LogP contribution in [0, 0.1) is 11.3 Å². The normalized spacial score (nSPS) is 18.0. The third-order valence-electron chi connectivity index (χ3n) is 3.18. The van der Waals surface area contributed by atoms with Crippen LogP contribution < -0.4 is 0 Å². The fraction of sp³-hybridized carbons (Fsp3) is 0.333. The molecule has 0 bridgehead atoms. The summed E-state index contributed by atoms with van der Waals surface area (Å²) in [5.74, 6) is 0.540. The van der Waals surface area contributed by atoms with Gasteiger partial charge in [0.1, 0.15) is 10.9 Å². The third kappa shape index (κ3) is 1.23. The molecule has 1 heterocycles. The van der Waals surface area contributed by atoms with E-state index in [0.29, 0.717) is 16.5 Å². The summed E-state index contributed by atoms with van der Waals surface area (Å²) in [5, 5.41) is 9.81. The molecule has 1 aliphatic carbocycles. The van der Waals surface area contributed by atoms with Gasteiger partial charge in [-0.2, -0.15) is 5.26 Å². The number of halogens is 1. The number of benzene rings is 1. The highest BCUT2D eigenvalue weighted by Crippen LogP contribution is 2.43. The molecule has 80 valence electrons. The van der Waals surface area contributed by atoms with Crippen molar-refractivity contribution in [2.45, 2.75) is 24.7 Å². The predicted octanol–water partition coefficient (Wildman–Crippen LogP) is 3.43. The summed E-state index contributed by atoms with van der Waals surface area (Å²) in [6, 6.07) is 7.64. The number of nitriles is 1. The zero-order chi connectivity index (χ0) is 11.2. The van der Waals surface area contributed by atoms with Gasteiger partial charge in [0.2, 0.25) is 5.89 Å². The van der Waals surface area contributed by atoms with E-state index in [1.54, 1.807) is 12.1 Å². The molecular weight excluding hydrogens is 224 g/mol. The molecule has 0 unspecified atom stereocenters. The van der Waals surface area contributed by atoms with Gasteiger partial charge < -0.3 is 4.42 Å². The maximum absolute atomic E-state index is 9.19. The molecule has 0 amide bonds. The summed E-state index contributed by atoms with van der Waals surface area (Å²) in [6.45, 7) is 0. The van der Waals surface area contributed by atoms with E-state index < -0.39 is 5.41 Å². The lowest BCUT2D eigenvalue weighted by molar-refractivity contribution is 0.263. The Labute approximate surface area is 97.6 Å². The molecule has 0 aliphatic heterocycles. The van der Waals surface area contributed by atoms with E-state index in [-0.39, 0.29) is 0 Å². The van der Waals surface area contributed by atoms with Crippen molar-refractivity contribution < 1.29 is 4.42 Å². The van der Waals surface area contributed by atoms with Crippen LogP contribution in [0.5, 0.6) is 0 Å². The lowest BCUT2D eigenvalue weighted by Crippen LogP contribution is -2.32. The predicted molar refractivity (Wildman–Crippen MR) is 60.2 cm³/mol. The van der Waals surface area contributed by atoms with Crippen LogP contribution in [0.15, 0.2) is 22.6 Å². The van der Waals surface area contributed by atoms with Crippen molar-refractivity contribution >= 4 is 22.7 Å². The number of hydrogen-bond acceptors (Lipinski definition) is 3. The van der Waals surface area contributed by atoms with Crippen LogP contribution in [-0.4, -0.2) is 4.98 Å². The van der Waals surface area contributed by atoms with Gasteiger partial charge in [0.25, 0.3) is 0 Å². The van der Waals surface area contributed by atoms with Gasteiger partial charge in [0.05, 0.1) is 6.07 Å². The van der Waals surface area contributed by atoms with Crippen LogP contribution in [-0.2, 0) is 5.41 Å². The fourth-order valence-electron chi connectivity index (χ4n) is 2.01. The van der Waals surface area contributed by atoms with Gasteiger partial charge in [0.15, 0.2) is 5.58 Å². The summed E-state index contributed by atoms with van der Waals surface area (Å²) in [5.41, 5.74) is 0.927. The first kappa shape index (κ1) is 9.68. The topological polar surface area (TPSA) is 49.8 Å². The summed E-state index contributed by atoms with van der Waals surface area (Å²) in [7, 11) is 0. The second-order valence-corrected chi connectivity index (χ2v) is 4.61. The Bertz CT molecular complexity index is 593. The minimum Gasteiger partial charge on any atom is -0.439 e. The Hall–Kier alpha value is -1.53. The third-order valence-corrected chi connectivity index (χ3v) is 3.42. The van der Waals surface area contributed by atoms with E-state index in [2.05, 4.69) is 11.1 Å². The molecule has 1 aromatic heterocycles. The Morgan fingerprint density at radius 1 is 1.44 bits per heavy atom. The lowest BCUT2D eigenvalue weighted by Gasteiger charge is -2.31. The number of hydrogen-bond donors (Lipinski definition) is 0. The number of rotatable bonds is 1. The first-order valence-corrected chi connectivity index (χ1v) is 5.59. The highest BCUT2D eigenvalue weighted by Gasteiger charge is 2.43. The summed E-state index contributed by atoms with van der Waals surface area (Å²) in [4.78, 5) is 4.37. The van der Waals surface area contributed by atoms with Crippen molar-refractivity contribution in [3.8, 4) is 6.07 Å². The van der Waals surface area contributed by atoms with E-state index >= 15 is 0 Å². The molecule has 3 nitrogen and oxygen atoms in total. The lowest BCUT2D eigenvalue weighted by atomic mass is 9.70. The van der Waals surface area contributed by atoms with Crippen molar-refractivity contribution in [3.05, 3.63) is 29.1 Å². The Morgan fingerprint density at radius 3 is 2.88 bits per heavy atom. The molecule has 1 fully saturated rings. The fourth-order valence-corrected chi connectivity index (χ4v) is 2.17. The van der Waals surface area contributed by atoms with Crippen LogP contribution in [0.2, 0.25) is 5.02 Å². The minimum absolute atomic E-state index is 0.495. The van der Waals surface area contributed by atoms with Gasteiger partial charge in [-0.1, -0.05) is 11.6 Å². The summed E-state index contributed by atoms with van der Waals surface area (Å²) >= 11 is 5.87. The minimum atomic E-state index is -0.495. The van der Waals surface area contributed by atoms with Gasteiger partial charge in [-0.3, -0.25) is 0 Å². The second kappa shape index (κ2) is 3.23.